The minimum atomic E-state index is 0.678. The first-order chi connectivity index (χ1) is 8.90. The lowest BCUT2D eigenvalue weighted by atomic mass is 10.2. The lowest BCUT2D eigenvalue weighted by Crippen LogP contribution is -2.27. The van der Waals surface area contributed by atoms with Gasteiger partial charge in [0.25, 0.3) is 0 Å². The van der Waals surface area contributed by atoms with Crippen molar-refractivity contribution in [2.24, 2.45) is 0 Å². The molecule has 18 heavy (non-hydrogen) atoms. The fraction of sp³-hybridized carbons (Fsp3) is 0.571. The Morgan fingerprint density at radius 1 is 1.33 bits per heavy atom. The molecule has 100 valence electrons. The van der Waals surface area contributed by atoms with E-state index in [1.54, 1.807) is 7.11 Å². The van der Waals surface area contributed by atoms with Gasteiger partial charge in [-0.2, -0.15) is 11.8 Å². The lowest BCUT2D eigenvalue weighted by Gasteiger charge is -2.12. The van der Waals surface area contributed by atoms with Crippen molar-refractivity contribution in [3.8, 4) is 11.5 Å². The molecule has 1 aromatic carbocycles. The number of hydrogen-bond acceptors (Lipinski definition) is 4. The number of nitrogens with one attached hydrogen (secondary N) is 1. The molecule has 4 heteroatoms. The van der Waals surface area contributed by atoms with Crippen LogP contribution in [0.25, 0.3) is 0 Å². The van der Waals surface area contributed by atoms with Crippen LogP contribution in [0, 0.1) is 0 Å². The SMILES string of the molecule is COc1ccccc1OCCNCC1CCCS1. The molecule has 1 fully saturated rings. The van der Waals surface area contributed by atoms with Gasteiger partial charge in [0.1, 0.15) is 6.61 Å². The molecule has 1 aliphatic rings. The third kappa shape index (κ3) is 4.10. The highest BCUT2D eigenvalue weighted by Crippen LogP contribution is 2.26. The Morgan fingerprint density at radius 2 is 2.17 bits per heavy atom. The first-order valence-electron chi connectivity index (χ1n) is 6.48. The quantitative estimate of drug-likeness (QED) is 0.769. The van der Waals surface area contributed by atoms with Crippen LogP contribution >= 0.6 is 11.8 Å². The number of benzene rings is 1. The summed E-state index contributed by atoms with van der Waals surface area (Å²) in [7, 11) is 1.66. The van der Waals surface area contributed by atoms with Crippen LogP contribution in [0.2, 0.25) is 0 Å². The van der Waals surface area contributed by atoms with E-state index >= 15 is 0 Å². The molecule has 0 amide bonds. The molecule has 0 saturated carbocycles. The molecule has 0 radical (unpaired) electrons. The van der Waals surface area contributed by atoms with Gasteiger partial charge in [0.2, 0.25) is 0 Å². The van der Waals surface area contributed by atoms with Gasteiger partial charge in [0.05, 0.1) is 7.11 Å². The topological polar surface area (TPSA) is 30.5 Å². The third-order valence-corrected chi connectivity index (χ3v) is 4.40. The van der Waals surface area contributed by atoms with E-state index in [0.717, 1.165) is 29.8 Å². The van der Waals surface area contributed by atoms with E-state index in [-0.39, 0.29) is 0 Å². The van der Waals surface area contributed by atoms with Crippen LogP contribution in [0.5, 0.6) is 11.5 Å². The maximum absolute atomic E-state index is 5.70. The molecule has 1 heterocycles. The minimum Gasteiger partial charge on any atom is -0.493 e. The maximum atomic E-state index is 5.70. The molecule has 1 N–H and O–H groups in total. The molecule has 2 rings (SSSR count). The second-order valence-corrected chi connectivity index (χ2v) is 5.75. The van der Waals surface area contributed by atoms with Gasteiger partial charge in [-0.15, -0.1) is 0 Å². The summed E-state index contributed by atoms with van der Waals surface area (Å²) in [4.78, 5) is 0. The Morgan fingerprint density at radius 3 is 2.89 bits per heavy atom. The van der Waals surface area contributed by atoms with Gasteiger partial charge in [-0.25, -0.2) is 0 Å². The summed E-state index contributed by atoms with van der Waals surface area (Å²) >= 11 is 2.08. The van der Waals surface area contributed by atoms with E-state index in [1.807, 2.05) is 24.3 Å². The summed E-state index contributed by atoms with van der Waals surface area (Å²) in [5, 5.41) is 4.25. The Bertz CT molecular complexity index is 353. The molecule has 1 unspecified atom stereocenters. The monoisotopic (exact) mass is 267 g/mol. The average molecular weight is 267 g/mol. The zero-order valence-electron chi connectivity index (χ0n) is 10.9. The van der Waals surface area contributed by atoms with Crippen molar-refractivity contribution in [2.75, 3.05) is 32.6 Å². The summed E-state index contributed by atoms with van der Waals surface area (Å²) in [6.45, 7) is 2.66. The molecule has 0 aromatic heterocycles. The van der Waals surface area contributed by atoms with E-state index in [9.17, 15) is 0 Å². The van der Waals surface area contributed by atoms with Gasteiger partial charge in [0.15, 0.2) is 11.5 Å². The van der Waals surface area contributed by atoms with Gasteiger partial charge in [-0.3, -0.25) is 0 Å². The molecular weight excluding hydrogens is 246 g/mol. The van der Waals surface area contributed by atoms with Gasteiger partial charge in [-0.1, -0.05) is 12.1 Å². The van der Waals surface area contributed by atoms with Crippen LogP contribution in [-0.4, -0.2) is 37.8 Å². The normalized spacial score (nSPS) is 18.8. The fourth-order valence-electron chi connectivity index (χ4n) is 2.04. The molecule has 0 spiro atoms. The number of para-hydroxylation sites is 2. The molecule has 3 nitrogen and oxygen atoms in total. The molecule has 0 aliphatic carbocycles. The third-order valence-electron chi connectivity index (χ3n) is 3.00. The van der Waals surface area contributed by atoms with Crippen molar-refractivity contribution >= 4 is 11.8 Å². The number of rotatable bonds is 7. The van der Waals surface area contributed by atoms with E-state index in [1.165, 1.54) is 18.6 Å². The lowest BCUT2D eigenvalue weighted by molar-refractivity contribution is 0.292. The van der Waals surface area contributed by atoms with Crippen molar-refractivity contribution in [3.63, 3.8) is 0 Å². The molecule has 1 aliphatic heterocycles. The van der Waals surface area contributed by atoms with Crippen molar-refractivity contribution < 1.29 is 9.47 Å². The molecule has 0 bridgehead atoms. The predicted molar refractivity (Wildman–Crippen MR) is 76.8 cm³/mol. The second kappa shape index (κ2) is 7.54. The zero-order chi connectivity index (χ0) is 12.6. The highest BCUT2D eigenvalue weighted by Gasteiger charge is 2.14. The van der Waals surface area contributed by atoms with E-state index in [4.69, 9.17) is 9.47 Å². The second-order valence-electron chi connectivity index (χ2n) is 4.34. The first-order valence-corrected chi connectivity index (χ1v) is 7.53. The maximum Gasteiger partial charge on any atom is 0.161 e. The smallest absolute Gasteiger partial charge is 0.161 e. The van der Waals surface area contributed by atoms with Crippen LogP contribution < -0.4 is 14.8 Å². The van der Waals surface area contributed by atoms with Crippen LogP contribution in [0.1, 0.15) is 12.8 Å². The summed E-state index contributed by atoms with van der Waals surface area (Å²) in [6, 6.07) is 7.76. The first kappa shape index (κ1) is 13.6. The highest BCUT2D eigenvalue weighted by molar-refractivity contribution is 8.00. The van der Waals surface area contributed by atoms with Crippen molar-refractivity contribution in [3.05, 3.63) is 24.3 Å². The molecule has 1 atom stereocenters. The van der Waals surface area contributed by atoms with Crippen molar-refractivity contribution in [1.82, 2.24) is 5.32 Å². The van der Waals surface area contributed by atoms with Crippen molar-refractivity contribution in [2.45, 2.75) is 18.1 Å². The van der Waals surface area contributed by atoms with Crippen molar-refractivity contribution in [1.29, 1.82) is 0 Å². The van der Waals surface area contributed by atoms with E-state index < -0.39 is 0 Å². The van der Waals surface area contributed by atoms with E-state index in [0.29, 0.717) is 6.61 Å². The number of hydrogen-bond donors (Lipinski definition) is 1. The summed E-state index contributed by atoms with van der Waals surface area (Å²) in [5.41, 5.74) is 0. The number of thioether (sulfide) groups is 1. The molecule has 1 aromatic rings. The van der Waals surface area contributed by atoms with E-state index in [2.05, 4.69) is 17.1 Å². The van der Waals surface area contributed by atoms with Gasteiger partial charge >= 0.3 is 0 Å². The highest BCUT2D eigenvalue weighted by atomic mass is 32.2. The standard InChI is InChI=1S/C14H21NO2S/c1-16-13-6-2-3-7-14(13)17-9-8-15-11-12-5-4-10-18-12/h2-3,6-7,12,15H,4-5,8-11H2,1H3. The predicted octanol–water partition coefficient (Wildman–Crippen LogP) is 2.56. The van der Waals surface area contributed by atoms with Crippen LogP contribution in [0.3, 0.4) is 0 Å². The number of ether oxygens (including phenoxy) is 2. The molecular formula is C14H21NO2S. The van der Waals surface area contributed by atoms with Crippen LogP contribution in [-0.2, 0) is 0 Å². The Hall–Kier alpha value is -0.870. The van der Waals surface area contributed by atoms with Gasteiger partial charge < -0.3 is 14.8 Å². The fourth-order valence-corrected chi connectivity index (χ4v) is 3.28. The number of methoxy groups -OCH3 is 1. The van der Waals surface area contributed by atoms with Gasteiger partial charge in [-0.05, 0) is 30.7 Å². The van der Waals surface area contributed by atoms with Crippen LogP contribution in [0.15, 0.2) is 24.3 Å². The zero-order valence-corrected chi connectivity index (χ0v) is 11.7. The Labute approximate surface area is 113 Å². The minimum absolute atomic E-state index is 0.678. The largest absolute Gasteiger partial charge is 0.493 e. The summed E-state index contributed by atoms with van der Waals surface area (Å²) < 4.78 is 10.9. The average Bonchev–Trinajstić information content (AvgIpc) is 2.92. The summed E-state index contributed by atoms with van der Waals surface area (Å²) in [5.74, 6) is 2.94. The van der Waals surface area contributed by atoms with Crippen LogP contribution in [0.4, 0.5) is 0 Å². The summed E-state index contributed by atoms with van der Waals surface area (Å²) in [6.07, 6.45) is 2.72. The molecule has 1 saturated heterocycles. The Balaban J connectivity index is 1.62. The Kier molecular flexibility index (Phi) is 5.68. The van der Waals surface area contributed by atoms with Gasteiger partial charge in [0, 0.05) is 18.3 Å².